The normalized spacial score (nSPS) is 14.9. The quantitative estimate of drug-likeness (QED) is 0.301. The maximum absolute atomic E-state index is 13.2. The molecule has 3 aromatic rings. The zero-order valence-corrected chi connectivity index (χ0v) is 18.4. The van der Waals surface area contributed by atoms with Crippen LogP contribution in [0.1, 0.15) is 27.3 Å². The molecule has 170 valence electrons. The summed E-state index contributed by atoms with van der Waals surface area (Å²) in [5.41, 5.74) is 2.69. The molecule has 33 heavy (non-hydrogen) atoms. The highest BCUT2D eigenvalue weighted by atomic mass is 19.1. The van der Waals surface area contributed by atoms with E-state index in [1.54, 1.807) is 18.2 Å². The lowest BCUT2D eigenvalue weighted by Gasteiger charge is -2.27. The topological polar surface area (TPSA) is 66.8 Å². The fourth-order valence-electron chi connectivity index (χ4n) is 3.76. The Bertz CT molecular complexity index is 1210. The molecule has 0 bridgehead atoms. The molecule has 7 heteroatoms. The van der Waals surface area contributed by atoms with Crippen molar-refractivity contribution in [3.05, 3.63) is 89.0 Å². The first-order valence-corrected chi connectivity index (χ1v) is 10.6. The van der Waals surface area contributed by atoms with E-state index in [2.05, 4.69) is 0 Å². The number of esters is 1. The summed E-state index contributed by atoms with van der Waals surface area (Å²) in [5, 5.41) is 0. The Balaban J connectivity index is 1.36. The van der Waals surface area contributed by atoms with E-state index in [4.69, 9.17) is 14.2 Å². The average Bonchev–Trinajstić information content (AvgIpc) is 3.09. The number of carbonyl (C=O) groups is 2. The summed E-state index contributed by atoms with van der Waals surface area (Å²) in [4.78, 5) is 24.7. The van der Waals surface area contributed by atoms with Gasteiger partial charge in [0.1, 0.15) is 12.4 Å². The lowest BCUT2D eigenvalue weighted by molar-refractivity contribution is -0.136. The SMILES string of the molecule is Cc1cc(C(=O)COC(=O)/C=C/c2cccc(F)c2)c(C)n1CC1COc2ccccc2O1. The summed E-state index contributed by atoms with van der Waals surface area (Å²) in [7, 11) is 0. The number of fused-ring (bicyclic) bond motifs is 1. The van der Waals surface area contributed by atoms with Gasteiger partial charge in [-0.1, -0.05) is 24.3 Å². The molecule has 1 aliphatic heterocycles. The molecule has 0 saturated heterocycles. The summed E-state index contributed by atoms with van der Waals surface area (Å²) in [5.74, 6) is 0.0517. The molecule has 0 N–H and O–H groups in total. The lowest BCUT2D eigenvalue weighted by atomic mass is 10.1. The number of ether oxygens (including phenoxy) is 3. The van der Waals surface area contributed by atoms with Gasteiger partial charge in [-0.25, -0.2) is 9.18 Å². The van der Waals surface area contributed by atoms with Crippen LogP contribution in [0.3, 0.4) is 0 Å². The molecule has 0 spiro atoms. The maximum atomic E-state index is 13.2. The molecule has 0 saturated carbocycles. The summed E-state index contributed by atoms with van der Waals surface area (Å²) >= 11 is 0. The van der Waals surface area contributed by atoms with Gasteiger partial charge in [-0.2, -0.15) is 0 Å². The molecule has 1 atom stereocenters. The van der Waals surface area contributed by atoms with E-state index in [0.717, 1.165) is 17.1 Å². The van der Waals surface area contributed by atoms with Crippen molar-refractivity contribution in [1.82, 2.24) is 4.57 Å². The third kappa shape index (κ3) is 5.31. The summed E-state index contributed by atoms with van der Waals surface area (Å²) in [6.45, 7) is 4.31. The number of Topliss-reactive ketones (excluding diaryl/α,β-unsaturated/α-hetero) is 1. The third-order valence-corrected chi connectivity index (χ3v) is 5.43. The van der Waals surface area contributed by atoms with Crippen LogP contribution in [0.4, 0.5) is 4.39 Å². The maximum Gasteiger partial charge on any atom is 0.331 e. The Morgan fingerprint density at radius 1 is 1.12 bits per heavy atom. The van der Waals surface area contributed by atoms with E-state index < -0.39 is 11.8 Å². The highest BCUT2D eigenvalue weighted by molar-refractivity contribution is 6.00. The van der Waals surface area contributed by atoms with Crippen molar-refractivity contribution in [3.8, 4) is 11.5 Å². The average molecular weight is 449 g/mol. The van der Waals surface area contributed by atoms with Crippen molar-refractivity contribution >= 4 is 17.8 Å². The van der Waals surface area contributed by atoms with Crippen LogP contribution >= 0.6 is 0 Å². The van der Waals surface area contributed by atoms with Crippen LogP contribution in [0.2, 0.25) is 0 Å². The number of rotatable bonds is 7. The molecule has 4 rings (SSSR count). The van der Waals surface area contributed by atoms with Gasteiger partial charge in [0.2, 0.25) is 5.78 Å². The second-order valence-electron chi connectivity index (χ2n) is 7.81. The Hall–Kier alpha value is -3.87. The predicted molar refractivity (Wildman–Crippen MR) is 121 cm³/mol. The van der Waals surface area contributed by atoms with Gasteiger partial charge in [0, 0.05) is 23.0 Å². The highest BCUT2D eigenvalue weighted by Gasteiger charge is 2.24. The van der Waals surface area contributed by atoms with Crippen LogP contribution in [-0.4, -0.2) is 35.6 Å². The highest BCUT2D eigenvalue weighted by Crippen LogP contribution is 2.31. The van der Waals surface area contributed by atoms with E-state index >= 15 is 0 Å². The summed E-state index contributed by atoms with van der Waals surface area (Å²) in [6.07, 6.45) is 2.41. The van der Waals surface area contributed by atoms with Crippen molar-refractivity contribution in [3.63, 3.8) is 0 Å². The molecule has 0 radical (unpaired) electrons. The third-order valence-electron chi connectivity index (χ3n) is 5.43. The van der Waals surface area contributed by atoms with Crippen molar-refractivity contribution in [2.75, 3.05) is 13.2 Å². The molecule has 1 aromatic heterocycles. The number of hydrogen-bond donors (Lipinski definition) is 0. The van der Waals surface area contributed by atoms with Crippen molar-refractivity contribution < 1.29 is 28.2 Å². The van der Waals surface area contributed by atoms with Crippen molar-refractivity contribution in [1.29, 1.82) is 0 Å². The number of aromatic nitrogens is 1. The van der Waals surface area contributed by atoms with Gasteiger partial charge in [0.15, 0.2) is 24.2 Å². The van der Waals surface area contributed by atoms with Crippen LogP contribution in [0.5, 0.6) is 11.5 Å². The molecule has 0 amide bonds. The van der Waals surface area contributed by atoms with E-state index in [-0.39, 0.29) is 18.5 Å². The minimum Gasteiger partial charge on any atom is -0.486 e. The molecular formula is C26H24FNO5. The molecule has 0 fully saturated rings. The summed E-state index contributed by atoms with van der Waals surface area (Å²) < 4.78 is 32.1. The number of benzene rings is 2. The Labute approximate surface area is 191 Å². The van der Waals surface area contributed by atoms with Crippen LogP contribution < -0.4 is 9.47 Å². The van der Waals surface area contributed by atoms with Gasteiger partial charge in [0.05, 0.1) is 6.54 Å². The number of nitrogens with zero attached hydrogens (tertiary/aromatic N) is 1. The number of halogens is 1. The van der Waals surface area contributed by atoms with Crippen LogP contribution in [-0.2, 0) is 16.1 Å². The van der Waals surface area contributed by atoms with Crippen molar-refractivity contribution in [2.24, 2.45) is 0 Å². The zero-order valence-electron chi connectivity index (χ0n) is 18.4. The number of aryl methyl sites for hydroxylation is 1. The Kier molecular flexibility index (Phi) is 6.58. The number of hydrogen-bond acceptors (Lipinski definition) is 5. The smallest absolute Gasteiger partial charge is 0.331 e. The molecule has 2 aromatic carbocycles. The molecule has 1 aliphatic rings. The van der Waals surface area contributed by atoms with E-state index in [1.165, 1.54) is 24.3 Å². The van der Waals surface area contributed by atoms with Crippen LogP contribution in [0, 0.1) is 19.7 Å². The number of ketones is 1. The summed E-state index contributed by atoms with van der Waals surface area (Å²) in [6, 6.07) is 15.1. The van der Waals surface area contributed by atoms with Crippen LogP contribution in [0.15, 0.2) is 60.7 Å². The van der Waals surface area contributed by atoms with Gasteiger partial charge < -0.3 is 18.8 Å². The Morgan fingerprint density at radius 3 is 2.70 bits per heavy atom. The first-order chi connectivity index (χ1) is 15.9. The fourth-order valence-corrected chi connectivity index (χ4v) is 3.76. The lowest BCUT2D eigenvalue weighted by Crippen LogP contribution is -2.33. The van der Waals surface area contributed by atoms with Gasteiger partial charge in [-0.3, -0.25) is 4.79 Å². The number of para-hydroxylation sites is 2. The van der Waals surface area contributed by atoms with Gasteiger partial charge in [-0.15, -0.1) is 0 Å². The minimum atomic E-state index is -0.673. The second-order valence-corrected chi connectivity index (χ2v) is 7.81. The first-order valence-electron chi connectivity index (χ1n) is 10.6. The molecule has 6 nitrogen and oxygen atoms in total. The monoisotopic (exact) mass is 449 g/mol. The standard InChI is InChI=1S/C26H24FNO5/c1-17-12-22(23(29)16-32-26(30)11-10-19-6-5-7-20(27)13-19)18(2)28(17)14-21-15-31-24-8-3-4-9-25(24)33-21/h3-13,21H,14-16H2,1-2H3/b11-10+. The second kappa shape index (κ2) is 9.73. The Morgan fingerprint density at radius 2 is 1.91 bits per heavy atom. The fraction of sp³-hybridized carbons (Fsp3) is 0.231. The predicted octanol–water partition coefficient (Wildman–Crippen LogP) is 4.52. The van der Waals surface area contributed by atoms with Gasteiger partial charge in [0.25, 0.3) is 0 Å². The van der Waals surface area contributed by atoms with Gasteiger partial charge >= 0.3 is 5.97 Å². The zero-order chi connectivity index (χ0) is 23.4. The van der Waals surface area contributed by atoms with Crippen molar-refractivity contribution in [2.45, 2.75) is 26.5 Å². The van der Waals surface area contributed by atoms with E-state index in [9.17, 15) is 14.0 Å². The van der Waals surface area contributed by atoms with Gasteiger partial charge in [-0.05, 0) is 55.8 Å². The first kappa shape index (κ1) is 22.3. The van der Waals surface area contributed by atoms with E-state index in [0.29, 0.717) is 30.0 Å². The molecular weight excluding hydrogens is 425 g/mol. The molecule has 2 heterocycles. The minimum absolute atomic E-state index is 0.196. The number of carbonyl (C=O) groups excluding carboxylic acids is 2. The van der Waals surface area contributed by atoms with Crippen LogP contribution in [0.25, 0.3) is 6.08 Å². The largest absolute Gasteiger partial charge is 0.486 e. The van der Waals surface area contributed by atoms with E-state index in [1.807, 2.05) is 42.7 Å². The molecule has 1 unspecified atom stereocenters. The molecule has 0 aliphatic carbocycles.